The summed E-state index contributed by atoms with van der Waals surface area (Å²) >= 11 is 0. The van der Waals surface area contributed by atoms with E-state index in [0.717, 1.165) is 12.8 Å². The average molecular weight is 271 g/mol. The molecule has 0 aromatic heterocycles. The van der Waals surface area contributed by atoms with Crippen LogP contribution >= 0.6 is 0 Å². The van der Waals surface area contributed by atoms with Crippen LogP contribution in [-0.4, -0.2) is 35.6 Å². The van der Waals surface area contributed by atoms with E-state index < -0.39 is 12.0 Å². The van der Waals surface area contributed by atoms with Crippen molar-refractivity contribution in [3.8, 4) is 0 Å². The Morgan fingerprint density at radius 1 is 1.42 bits per heavy atom. The number of nitrogens with two attached hydrogens (primary N) is 2. The number of nitrogens with one attached hydrogen (secondary N) is 1. The minimum Gasteiger partial charge on any atom is -0.381 e. The Kier molecular flexibility index (Phi) is 4.92. The monoisotopic (exact) mass is 271 g/mol. The molecule has 0 spiro atoms. The summed E-state index contributed by atoms with van der Waals surface area (Å²) in [4.78, 5) is 22.9. The van der Waals surface area contributed by atoms with Gasteiger partial charge in [0, 0.05) is 12.0 Å². The van der Waals surface area contributed by atoms with Crippen LogP contribution < -0.4 is 16.8 Å². The van der Waals surface area contributed by atoms with Crippen LogP contribution in [0.15, 0.2) is 0 Å². The van der Waals surface area contributed by atoms with Crippen LogP contribution in [0.25, 0.3) is 0 Å². The van der Waals surface area contributed by atoms with E-state index in [-0.39, 0.29) is 35.7 Å². The Balaban J connectivity index is 2.64. The average Bonchev–Trinajstić information content (AvgIpc) is 2.32. The quantitative estimate of drug-likeness (QED) is 0.543. The third-order valence-electron chi connectivity index (χ3n) is 4.62. The number of carbonyl (C=O) groups excluding carboxylic acids is 2. The fourth-order valence-electron chi connectivity index (χ4n) is 2.74. The van der Waals surface area contributed by atoms with Crippen molar-refractivity contribution in [1.82, 2.24) is 5.32 Å². The maximum atomic E-state index is 12.2. The first-order valence-corrected chi connectivity index (χ1v) is 6.68. The van der Waals surface area contributed by atoms with E-state index in [4.69, 9.17) is 11.5 Å². The number of aliphatic hydroxyl groups is 1. The summed E-state index contributed by atoms with van der Waals surface area (Å²) in [7, 11) is 0. The van der Waals surface area contributed by atoms with E-state index in [1.54, 1.807) is 0 Å². The van der Waals surface area contributed by atoms with Crippen molar-refractivity contribution in [3.63, 3.8) is 0 Å². The second-order valence-electron chi connectivity index (χ2n) is 6.07. The summed E-state index contributed by atoms with van der Waals surface area (Å²) in [5, 5.41) is 11.9. The second-order valence-corrected chi connectivity index (χ2v) is 6.07. The molecule has 0 aromatic carbocycles. The van der Waals surface area contributed by atoms with Crippen molar-refractivity contribution in [2.45, 2.75) is 45.8 Å². The fourth-order valence-corrected chi connectivity index (χ4v) is 2.74. The lowest BCUT2D eigenvalue weighted by molar-refractivity contribution is -0.133. The Morgan fingerprint density at radius 3 is 2.53 bits per heavy atom. The van der Waals surface area contributed by atoms with Gasteiger partial charge < -0.3 is 21.9 Å². The predicted octanol–water partition coefficient (Wildman–Crippen LogP) is -0.652. The SMILES string of the molecule is CC1C(N)CCC(C(=O)NCC(O)C(N)=O)C1(C)C. The second kappa shape index (κ2) is 5.88. The van der Waals surface area contributed by atoms with Crippen LogP contribution in [0.5, 0.6) is 0 Å². The third-order valence-corrected chi connectivity index (χ3v) is 4.62. The molecule has 1 saturated carbocycles. The highest BCUT2D eigenvalue weighted by Gasteiger charge is 2.44. The topological polar surface area (TPSA) is 118 Å². The van der Waals surface area contributed by atoms with Gasteiger partial charge in [0.05, 0.1) is 6.54 Å². The normalized spacial score (nSPS) is 31.5. The first-order chi connectivity index (χ1) is 8.67. The van der Waals surface area contributed by atoms with Gasteiger partial charge in [-0.05, 0) is 24.2 Å². The Morgan fingerprint density at radius 2 is 2.00 bits per heavy atom. The number of primary amides is 1. The van der Waals surface area contributed by atoms with Crippen molar-refractivity contribution < 1.29 is 14.7 Å². The van der Waals surface area contributed by atoms with E-state index in [9.17, 15) is 14.7 Å². The maximum absolute atomic E-state index is 12.2. The summed E-state index contributed by atoms with van der Waals surface area (Å²) in [6, 6.07) is 0.107. The van der Waals surface area contributed by atoms with Gasteiger partial charge >= 0.3 is 0 Å². The molecule has 110 valence electrons. The lowest BCUT2D eigenvalue weighted by Gasteiger charge is -2.46. The number of aliphatic hydroxyl groups excluding tert-OH is 1. The van der Waals surface area contributed by atoms with Crippen molar-refractivity contribution in [1.29, 1.82) is 0 Å². The molecule has 0 aromatic rings. The van der Waals surface area contributed by atoms with Crippen molar-refractivity contribution >= 4 is 11.8 Å². The molecule has 1 rings (SSSR count). The zero-order valence-corrected chi connectivity index (χ0v) is 11.8. The third kappa shape index (κ3) is 3.45. The molecule has 0 saturated heterocycles. The van der Waals surface area contributed by atoms with E-state index in [1.807, 2.05) is 13.8 Å². The molecular formula is C13H25N3O3. The van der Waals surface area contributed by atoms with Gasteiger partial charge in [-0.2, -0.15) is 0 Å². The molecule has 1 fully saturated rings. The van der Waals surface area contributed by atoms with E-state index in [2.05, 4.69) is 12.2 Å². The highest BCUT2D eigenvalue weighted by molar-refractivity contribution is 5.82. The molecule has 2 amide bonds. The van der Waals surface area contributed by atoms with Crippen molar-refractivity contribution in [2.24, 2.45) is 28.7 Å². The van der Waals surface area contributed by atoms with Crippen LogP contribution in [0, 0.1) is 17.3 Å². The predicted molar refractivity (Wildman–Crippen MR) is 71.9 cm³/mol. The molecule has 1 aliphatic carbocycles. The Hall–Kier alpha value is -1.14. The highest BCUT2D eigenvalue weighted by atomic mass is 16.3. The molecule has 0 bridgehead atoms. The van der Waals surface area contributed by atoms with E-state index >= 15 is 0 Å². The van der Waals surface area contributed by atoms with Crippen LogP contribution in [0.2, 0.25) is 0 Å². The van der Waals surface area contributed by atoms with E-state index in [0.29, 0.717) is 0 Å². The first kappa shape index (κ1) is 15.9. The molecule has 6 N–H and O–H groups in total. The van der Waals surface area contributed by atoms with Crippen LogP contribution in [0.4, 0.5) is 0 Å². The van der Waals surface area contributed by atoms with Crippen molar-refractivity contribution in [2.75, 3.05) is 6.54 Å². The summed E-state index contributed by atoms with van der Waals surface area (Å²) < 4.78 is 0. The first-order valence-electron chi connectivity index (χ1n) is 6.68. The zero-order valence-electron chi connectivity index (χ0n) is 11.8. The lowest BCUT2D eigenvalue weighted by atomic mass is 9.61. The molecule has 4 atom stereocenters. The molecule has 4 unspecified atom stereocenters. The smallest absolute Gasteiger partial charge is 0.248 e. The highest BCUT2D eigenvalue weighted by Crippen LogP contribution is 2.44. The van der Waals surface area contributed by atoms with Gasteiger partial charge in [-0.1, -0.05) is 20.8 Å². The summed E-state index contributed by atoms with van der Waals surface area (Å²) in [5.41, 5.74) is 10.8. The van der Waals surface area contributed by atoms with E-state index in [1.165, 1.54) is 0 Å². The summed E-state index contributed by atoms with van der Waals surface area (Å²) in [5.74, 6) is -0.914. The minimum absolute atomic E-state index is 0.107. The molecule has 6 nitrogen and oxygen atoms in total. The number of hydrogen-bond acceptors (Lipinski definition) is 4. The van der Waals surface area contributed by atoms with Gasteiger partial charge in [0.15, 0.2) is 0 Å². The van der Waals surface area contributed by atoms with Crippen LogP contribution in [0.1, 0.15) is 33.6 Å². The maximum Gasteiger partial charge on any atom is 0.248 e. The van der Waals surface area contributed by atoms with Crippen molar-refractivity contribution in [3.05, 3.63) is 0 Å². The largest absolute Gasteiger partial charge is 0.381 e. The fraction of sp³-hybridized carbons (Fsp3) is 0.846. The number of amides is 2. The molecule has 0 radical (unpaired) electrons. The number of carbonyl (C=O) groups is 2. The molecule has 0 aliphatic heterocycles. The van der Waals surface area contributed by atoms with Gasteiger partial charge in [0.25, 0.3) is 0 Å². The van der Waals surface area contributed by atoms with Gasteiger partial charge in [-0.3, -0.25) is 9.59 Å². The summed E-state index contributed by atoms with van der Waals surface area (Å²) in [6.45, 7) is 5.99. The Labute approximate surface area is 113 Å². The molecule has 6 heteroatoms. The molecule has 19 heavy (non-hydrogen) atoms. The lowest BCUT2D eigenvalue weighted by Crippen LogP contribution is -2.52. The van der Waals surface area contributed by atoms with Gasteiger partial charge in [-0.15, -0.1) is 0 Å². The zero-order chi connectivity index (χ0) is 14.8. The molecule has 1 aliphatic rings. The van der Waals surface area contributed by atoms with Gasteiger partial charge in [0.2, 0.25) is 11.8 Å². The Bertz CT molecular complexity index is 357. The molecular weight excluding hydrogens is 246 g/mol. The standard InChI is InChI=1S/C13H25N3O3/c1-7-9(14)5-4-8(13(7,2)3)12(19)16-6-10(17)11(15)18/h7-10,17H,4-6,14H2,1-3H3,(H2,15,18)(H,16,19). The number of hydrogen-bond donors (Lipinski definition) is 4. The summed E-state index contributed by atoms with van der Waals surface area (Å²) in [6.07, 6.45) is 0.188. The van der Waals surface area contributed by atoms with Gasteiger partial charge in [-0.25, -0.2) is 0 Å². The molecule has 0 heterocycles. The minimum atomic E-state index is -1.34. The van der Waals surface area contributed by atoms with Crippen LogP contribution in [0.3, 0.4) is 0 Å². The van der Waals surface area contributed by atoms with Crippen LogP contribution in [-0.2, 0) is 9.59 Å². The number of rotatable bonds is 4. The van der Waals surface area contributed by atoms with Gasteiger partial charge in [0.1, 0.15) is 6.10 Å².